The van der Waals surface area contributed by atoms with E-state index in [0.29, 0.717) is 49.8 Å². The summed E-state index contributed by atoms with van der Waals surface area (Å²) < 4.78 is 26.1. The van der Waals surface area contributed by atoms with Gasteiger partial charge in [-0.15, -0.1) is 0 Å². The molecule has 7 nitrogen and oxygen atoms in total. The van der Waals surface area contributed by atoms with Gasteiger partial charge in [-0.25, -0.2) is 9.07 Å². The predicted octanol–water partition coefficient (Wildman–Crippen LogP) is 3.27. The Labute approximate surface area is 175 Å². The number of methoxy groups -OCH3 is 1. The van der Waals surface area contributed by atoms with Crippen molar-refractivity contribution in [3.8, 4) is 11.6 Å². The fourth-order valence-electron chi connectivity index (χ4n) is 3.49. The number of hydrogen-bond acceptors (Lipinski definition) is 5. The van der Waals surface area contributed by atoms with Crippen LogP contribution < -0.4 is 10.1 Å². The molecule has 3 rings (SSSR count). The second-order valence-electron chi connectivity index (χ2n) is 6.97. The largest absolute Gasteiger partial charge is 0.478 e. The van der Waals surface area contributed by atoms with E-state index in [1.54, 1.807) is 23.9 Å². The molecule has 1 aromatic carbocycles. The third-order valence-corrected chi connectivity index (χ3v) is 4.89. The zero-order valence-electron chi connectivity index (χ0n) is 17.8. The van der Waals surface area contributed by atoms with Gasteiger partial charge in [0, 0.05) is 31.0 Å². The van der Waals surface area contributed by atoms with Crippen LogP contribution in [0.4, 0.5) is 4.39 Å². The van der Waals surface area contributed by atoms with E-state index >= 15 is 0 Å². The van der Waals surface area contributed by atoms with Crippen molar-refractivity contribution in [2.45, 2.75) is 33.6 Å². The summed E-state index contributed by atoms with van der Waals surface area (Å²) in [4.78, 5) is 16.9. The Morgan fingerprint density at radius 1 is 1.30 bits per heavy atom. The molecule has 0 aliphatic rings. The van der Waals surface area contributed by atoms with E-state index in [0.717, 1.165) is 22.2 Å². The van der Waals surface area contributed by atoms with Gasteiger partial charge in [-0.2, -0.15) is 10.1 Å². The number of rotatable bonds is 9. The van der Waals surface area contributed by atoms with Gasteiger partial charge in [0.2, 0.25) is 11.8 Å². The topological polar surface area (TPSA) is 78.3 Å². The minimum atomic E-state index is -0.341. The highest BCUT2D eigenvalue weighted by Gasteiger charge is 2.20. The SMILES string of the molecule is CCOc1nc2c(c(C)nn2-c2cccc(F)c2)c(C)c1CCC(=O)NCCOC. The van der Waals surface area contributed by atoms with E-state index in [1.165, 1.54) is 12.1 Å². The number of fused-ring (bicyclic) bond motifs is 1. The summed E-state index contributed by atoms with van der Waals surface area (Å²) in [6, 6.07) is 6.23. The van der Waals surface area contributed by atoms with E-state index in [1.807, 2.05) is 20.8 Å². The van der Waals surface area contributed by atoms with Gasteiger partial charge in [0.05, 0.1) is 24.6 Å². The van der Waals surface area contributed by atoms with Crippen LogP contribution in [-0.2, 0) is 16.0 Å². The average Bonchev–Trinajstić information content (AvgIpc) is 3.04. The van der Waals surface area contributed by atoms with Crippen molar-refractivity contribution in [3.05, 3.63) is 46.9 Å². The number of hydrogen-bond donors (Lipinski definition) is 1. The molecule has 1 amide bonds. The summed E-state index contributed by atoms with van der Waals surface area (Å²) in [6.45, 7) is 7.16. The van der Waals surface area contributed by atoms with Gasteiger partial charge in [-0.05, 0) is 51.0 Å². The molecule has 0 fully saturated rings. The third-order valence-electron chi connectivity index (χ3n) is 4.89. The zero-order chi connectivity index (χ0) is 21.7. The lowest BCUT2D eigenvalue weighted by Gasteiger charge is -2.14. The molecule has 1 N–H and O–H groups in total. The van der Waals surface area contributed by atoms with Gasteiger partial charge in [0.1, 0.15) is 5.82 Å². The molecular formula is C22H27FN4O3. The number of carbonyl (C=O) groups excluding carboxylic acids is 1. The number of ether oxygens (including phenoxy) is 2. The molecule has 2 heterocycles. The Hall–Kier alpha value is -3.00. The standard InChI is InChI=1S/C22H27FN4O3/c1-5-30-22-18(9-10-19(28)24-11-12-29-4)14(2)20-15(3)26-27(21(20)25-22)17-8-6-7-16(23)13-17/h6-8,13H,5,9-12H2,1-4H3,(H,24,28). The van der Waals surface area contributed by atoms with Crippen LogP contribution in [-0.4, -0.2) is 47.5 Å². The number of nitrogens with one attached hydrogen (secondary N) is 1. The molecule has 0 aliphatic carbocycles. The Morgan fingerprint density at radius 2 is 2.10 bits per heavy atom. The van der Waals surface area contributed by atoms with Crippen molar-refractivity contribution in [1.29, 1.82) is 0 Å². The first-order valence-electron chi connectivity index (χ1n) is 9.99. The van der Waals surface area contributed by atoms with Crippen LogP contribution in [0.15, 0.2) is 24.3 Å². The maximum atomic E-state index is 13.8. The minimum Gasteiger partial charge on any atom is -0.478 e. The first-order valence-corrected chi connectivity index (χ1v) is 9.99. The molecule has 0 atom stereocenters. The van der Waals surface area contributed by atoms with Crippen LogP contribution in [0.5, 0.6) is 5.88 Å². The van der Waals surface area contributed by atoms with Gasteiger partial charge in [-0.1, -0.05) is 6.07 Å². The monoisotopic (exact) mass is 414 g/mol. The van der Waals surface area contributed by atoms with E-state index in [-0.39, 0.29) is 11.7 Å². The number of carbonyl (C=O) groups is 1. The predicted molar refractivity (Wildman–Crippen MR) is 113 cm³/mol. The first-order chi connectivity index (χ1) is 14.5. The number of aryl methyl sites for hydroxylation is 2. The van der Waals surface area contributed by atoms with Gasteiger partial charge in [-0.3, -0.25) is 4.79 Å². The quantitative estimate of drug-likeness (QED) is 0.544. The smallest absolute Gasteiger partial charge is 0.220 e. The van der Waals surface area contributed by atoms with E-state index in [4.69, 9.17) is 14.5 Å². The number of nitrogens with zero attached hydrogens (tertiary/aromatic N) is 3. The lowest BCUT2D eigenvalue weighted by molar-refractivity contribution is -0.121. The summed E-state index contributed by atoms with van der Waals surface area (Å²) in [5.74, 6) is 0.0811. The minimum absolute atomic E-state index is 0.0545. The molecule has 160 valence electrons. The molecule has 3 aromatic rings. The normalized spacial score (nSPS) is 11.1. The molecule has 0 unspecified atom stereocenters. The maximum absolute atomic E-state index is 13.8. The van der Waals surface area contributed by atoms with Gasteiger partial charge in [0.15, 0.2) is 5.65 Å². The second kappa shape index (κ2) is 9.67. The summed E-state index contributed by atoms with van der Waals surface area (Å²) >= 11 is 0. The number of halogens is 1. The third kappa shape index (κ3) is 4.59. The number of pyridine rings is 1. The molecule has 0 aliphatic heterocycles. The molecule has 0 saturated carbocycles. The van der Waals surface area contributed by atoms with E-state index in [9.17, 15) is 9.18 Å². The Kier molecular flexibility index (Phi) is 6.99. The fraction of sp³-hybridized carbons (Fsp3) is 0.409. The first kappa shape index (κ1) is 21.7. The highest BCUT2D eigenvalue weighted by Crippen LogP contribution is 2.32. The lowest BCUT2D eigenvalue weighted by atomic mass is 10.0. The molecule has 0 saturated heterocycles. The molecular weight excluding hydrogens is 387 g/mol. The Balaban J connectivity index is 2.00. The van der Waals surface area contributed by atoms with E-state index in [2.05, 4.69) is 10.4 Å². The molecule has 2 aromatic heterocycles. The number of amides is 1. The average molecular weight is 414 g/mol. The van der Waals surface area contributed by atoms with Gasteiger partial charge >= 0.3 is 0 Å². The van der Waals surface area contributed by atoms with Crippen molar-refractivity contribution in [3.63, 3.8) is 0 Å². The zero-order valence-corrected chi connectivity index (χ0v) is 17.8. The lowest BCUT2D eigenvalue weighted by Crippen LogP contribution is -2.27. The number of aromatic nitrogens is 3. The Morgan fingerprint density at radius 3 is 2.80 bits per heavy atom. The van der Waals surface area contributed by atoms with Crippen LogP contribution in [0.3, 0.4) is 0 Å². The van der Waals surface area contributed by atoms with Crippen LogP contribution in [0.25, 0.3) is 16.7 Å². The second-order valence-corrected chi connectivity index (χ2v) is 6.97. The van der Waals surface area contributed by atoms with Crippen molar-refractivity contribution in [2.24, 2.45) is 0 Å². The van der Waals surface area contributed by atoms with E-state index < -0.39 is 0 Å². The van der Waals surface area contributed by atoms with Crippen molar-refractivity contribution in [1.82, 2.24) is 20.1 Å². The maximum Gasteiger partial charge on any atom is 0.220 e. The number of benzene rings is 1. The van der Waals surface area contributed by atoms with Crippen molar-refractivity contribution < 1.29 is 18.7 Å². The summed E-state index contributed by atoms with van der Waals surface area (Å²) in [7, 11) is 1.59. The van der Waals surface area contributed by atoms with Crippen LogP contribution in [0.1, 0.15) is 30.2 Å². The molecule has 8 heteroatoms. The van der Waals surface area contributed by atoms with Crippen LogP contribution >= 0.6 is 0 Å². The van der Waals surface area contributed by atoms with Gasteiger partial charge < -0.3 is 14.8 Å². The molecule has 30 heavy (non-hydrogen) atoms. The summed E-state index contributed by atoms with van der Waals surface area (Å²) in [5, 5.41) is 8.30. The highest BCUT2D eigenvalue weighted by atomic mass is 19.1. The van der Waals surface area contributed by atoms with Crippen LogP contribution in [0, 0.1) is 19.7 Å². The highest BCUT2D eigenvalue weighted by molar-refractivity contribution is 5.86. The fourth-order valence-corrected chi connectivity index (χ4v) is 3.49. The van der Waals surface area contributed by atoms with Crippen LogP contribution in [0.2, 0.25) is 0 Å². The van der Waals surface area contributed by atoms with Crippen molar-refractivity contribution in [2.75, 3.05) is 26.9 Å². The molecule has 0 bridgehead atoms. The van der Waals surface area contributed by atoms with Gasteiger partial charge in [0.25, 0.3) is 0 Å². The summed E-state index contributed by atoms with van der Waals surface area (Å²) in [6.07, 6.45) is 0.808. The molecule has 0 spiro atoms. The summed E-state index contributed by atoms with van der Waals surface area (Å²) in [5.41, 5.74) is 3.83. The Bertz CT molecular complexity index is 1050. The van der Waals surface area contributed by atoms with Crippen molar-refractivity contribution >= 4 is 16.9 Å². The molecule has 0 radical (unpaired) electrons.